The van der Waals surface area contributed by atoms with Crippen LogP contribution in [0.15, 0.2) is 20.1 Å². The number of halogens is 1. The lowest BCUT2D eigenvalue weighted by Gasteiger charge is -2.37. The van der Waals surface area contributed by atoms with E-state index in [-0.39, 0.29) is 6.04 Å². The highest BCUT2D eigenvalue weighted by Crippen LogP contribution is 2.38. The number of sulfonamides is 1. The third-order valence-electron chi connectivity index (χ3n) is 4.00. The number of hydrogen-bond acceptors (Lipinski definition) is 3. The smallest absolute Gasteiger partial charge is 0.206 e. The second kappa shape index (κ2) is 5.47. The third kappa shape index (κ3) is 3.40. The van der Waals surface area contributed by atoms with E-state index >= 15 is 0 Å². The highest BCUT2D eigenvalue weighted by molar-refractivity contribution is 9.11. The van der Waals surface area contributed by atoms with Gasteiger partial charge in [0.1, 0.15) is 4.21 Å². The molecule has 0 unspecified atom stereocenters. The standard InChI is InChI=1S/C13H20BrNO2S2/c1-13(2)8-6-10(7-9-13)15(3)19(16,17)12-5-4-11(14)18-12/h4-5,10H,6-9H2,1-3H3. The minimum atomic E-state index is -3.33. The van der Waals surface area contributed by atoms with E-state index in [2.05, 4.69) is 29.8 Å². The first-order valence-corrected chi connectivity index (χ1v) is 9.51. The number of thiophene rings is 1. The molecule has 1 aliphatic rings. The average molecular weight is 366 g/mol. The maximum atomic E-state index is 12.5. The Morgan fingerprint density at radius 1 is 1.32 bits per heavy atom. The Morgan fingerprint density at radius 2 is 1.89 bits per heavy atom. The van der Waals surface area contributed by atoms with Crippen molar-refractivity contribution in [2.75, 3.05) is 7.05 Å². The van der Waals surface area contributed by atoms with Gasteiger partial charge in [0, 0.05) is 13.1 Å². The molecule has 0 bridgehead atoms. The van der Waals surface area contributed by atoms with Crippen molar-refractivity contribution in [1.82, 2.24) is 4.31 Å². The average Bonchev–Trinajstić information content (AvgIpc) is 2.76. The summed E-state index contributed by atoms with van der Waals surface area (Å²) in [5.74, 6) is 0. The SMILES string of the molecule is CN(C1CCC(C)(C)CC1)S(=O)(=O)c1ccc(Br)s1. The quantitative estimate of drug-likeness (QED) is 0.808. The van der Waals surface area contributed by atoms with Crippen molar-refractivity contribution >= 4 is 37.3 Å². The van der Waals surface area contributed by atoms with Gasteiger partial charge in [0.2, 0.25) is 0 Å². The minimum Gasteiger partial charge on any atom is -0.206 e. The summed E-state index contributed by atoms with van der Waals surface area (Å²) in [7, 11) is -1.62. The van der Waals surface area contributed by atoms with Gasteiger partial charge >= 0.3 is 0 Å². The molecule has 0 aromatic carbocycles. The molecule has 19 heavy (non-hydrogen) atoms. The van der Waals surface area contributed by atoms with Crippen LogP contribution < -0.4 is 0 Å². The Balaban J connectivity index is 2.14. The van der Waals surface area contributed by atoms with E-state index in [9.17, 15) is 8.42 Å². The first-order chi connectivity index (χ1) is 8.72. The van der Waals surface area contributed by atoms with Crippen LogP contribution >= 0.6 is 27.3 Å². The Hall–Kier alpha value is 0.0900. The zero-order valence-electron chi connectivity index (χ0n) is 11.5. The first kappa shape index (κ1) is 15.5. The molecule has 1 heterocycles. The molecule has 3 nitrogen and oxygen atoms in total. The van der Waals surface area contributed by atoms with E-state index in [1.54, 1.807) is 23.5 Å². The topological polar surface area (TPSA) is 37.4 Å². The molecule has 1 aliphatic carbocycles. The summed E-state index contributed by atoms with van der Waals surface area (Å²) in [5, 5.41) is 0. The summed E-state index contributed by atoms with van der Waals surface area (Å²) in [6.07, 6.45) is 4.09. The van der Waals surface area contributed by atoms with Crippen molar-refractivity contribution in [3.05, 3.63) is 15.9 Å². The van der Waals surface area contributed by atoms with E-state index in [4.69, 9.17) is 0 Å². The number of nitrogens with zero attached hydrogens (tertiary/aromatic N) is 1. The monoisotopic (exact) mass is 365 g/mol. The Labute approximate surface area is 128 Å². The van der Waals surface area contributed by atoms with Gasteiger partial charge in [0.25, 0.3) is 10.0 Å². The molecule has 0 radical (unpaired) electrons. The molecule has 1 aromatic heterocycles. The highest BCUT2D eigenvalue weighted by atomic mass is 79.9. The molecule has 1 fully saturated rings. The van der Waals surface area contributed by atoms with Crippen LogP contribution in [0.2, 0.25) is 0 Å². The second-order valence-electron chi connectivity index (χ2n) is 5.98. The van der Waals surface area contributed by atoms with Crippen LogP contribution in [0.4, 0.5) is 0 Å². The molecular formula is C13H20BrNO2S2. The largest absolute Gasteiger partial charge is 0.252 e. The molecule has 0 saturated heterocycles. The van der Waals surface area contributed by atoms with E-state index in [0.29, 0.717) is 9.62 Å². The van der Waals surface area contributed by atoms with Crippen molar-refractivity contribution in [2.45, 2.75) is 49.8 Å². The van der Waals surface area contributed by atoms with Crippen molar-refractivity contribution < 1.29 is 8.42 Å². The molecule has 0 aliphatic heterocycles. The van der Waals surface area contributed by atoms with Gasteiger partial charge in [-0.3, -0.25) is 0 Å². The summed E-state index contributed by atoms with van der Waals surface area (Å²) in [6, 6.07) is 3.60. The molecule has 0 atom stereocenters. The third-order valence-corrected chi connectivity index (χ3v) is 8.01. The maximum Gasteiger partial charge on any atom is 0.252 e. The molecule has 108 valence electrons. The summed E-state index contributed by atoms with van der Waals surface area (Å²) in [6.45, 7) is 4.52. The summed E-state index contributed by atoms with van der Waals surface area (Å²) >= 11 is 4.59. The van der Waals surface area contributed by atoms with Gasteiger partial charge in [-0.1, -0.05) is 13.8 Å². The Kier molecular flexibility index (Phi) is 4.45. The highest BCUT2D eigenvalue weighted by Gasteiger charge is 2.34. The van der Waals surface area contributed by atoms with Gasteiger partial charge in [-0.2, -0.15) is 4.31 Å². The molecule has 1 aromatic rings. The van der Waals surface area contributed by atoms with Crippen molar-refractivity contribution in [3.8, 4) is 0 Å². The minimum absolute atomic E-state index is 0.138. The molecule has 6 heteroatoms. The summed E-state index contributed by atoms with van der Waals surface area (Å²) < 4.78 is 27.9. The Morgan fingerprint density at radius 3 is 2.37 bits per heavy atom. The predicted octanol–water partition coefficient (Wildman–Crippen LogP) is 4.10. The normalized spacial score (nSPS) is 20.9. The molecule has 1 saturated carbocycles. The maximum absolute atomic E-state index is 12.5. The lowest BCUT2D eigenvalue weighted by Crippen LogP contribution is -2.40. The van der Waals surface area contributed by atoms with E-state index in [1.807, 2.05) is 0 Å². The second-order valence-corrected chi connectivity index (χ2v) is 10.7. The van der Waals surface area contributed by atoms with E-state index in [0.717, 1.165) is 29.5 Å². The first-order valence-electron chi connectivity index (χ1n) is 6.46. The van der Waals surface area contributed by atoms with Crippen LogP contribution in [0.3, 0.4) is 0 Å². The molecular weight excluding hydrogens is 346 g/mol. The molecule has 0 amide bonds. The van der Waals surface area contributed by atoms with Gasteiger partial charge < -0.3 is 0 Å². The number of rotatable bonds is 3. The van der Waals surface area contributed by atoms with E-state index < -0.39 is 10.0 Å². The van der Waals surface area contributed by atoms with Crippen molar-refractivity contribution in [3.63, 3.8) is 0 Å². The lowest BCUT2D eigenvalue weighted by molar-refractivity contribution is 0.174. The zero-order chi connectivity index (χ0) is 14.3. The van der Waals surface area contributed by atoms with Crippen LogP contribution in [0, 0.1) is 5.41 Å². The molecule has 0 spiro atoms. The van der Waals surface area contributed by atoms with Gasteiger partial charge in [-0.25, -0.2) is 8.42 Å². The summed E-state index contributed by atoms with van der Waals surface area (Å²) in [4.78, 5) is 0. The van der Waals surface area contributed by atoms with E-state index in [1.165, 1.54) is 11.3 Å². The molecule has 2 rings (SSSR count). The number of hydrogen-bond donors (Lipinski definition) is 0. The predicted molar refractivity (Wildman–Crippen MR) is 83.0 cm³/mol. The van der Waals surface area contributed by atoms with Crippen LogP contribution in [-0.2, 0) is 10.0 Å². The van der Waals surface area contributed by atoms with Gasteiger partial charge in [-0.05, 0) is 59.2 Å². The van der Waals surface area contributed by atoms with Crippen LogP contribution in [0.25, 0.3) is 0 Å². The fourth-order valence-electron chi connectivity index (χ4n) is 2.52. The van der Waals surface area contributed by atoms with Crippen LogP contribution in [0.5, 0.6) is 0 Å². The van der Waals surface area contributed by atoms with Gasteiger partial charge in [0.15, 0.2) is 0 Å². The van der Waals surface area contributed by atoms with Crippen LogP contribution in [-0.4, -0.2) is 25.8 Å². The zero-order valence-corrected chi connectivity index (χ0v) is 14.7. The lowest BCUT2D eigenvalue weighted by atomic mass is 9.76. The fraction of sp³-hybridized carbons (Fsp3) is 0.692. The Bertz CT molecular complexity index is 541. The van der Waals surface area contributed by atoms with Gasteiger partial charge in [-0.15, -0.1) is 11.3 Å². The molecule has 0 N–H and O–H groups in total. The summed E-state index contributed by atoms with van der Waals surface area (Å²) in [5.41, 5.74) is 0.354. The van der Waals surface area contributed by atoms with Gasteiger partial charge in [0.05, 0.1) is 3.79 Å². The van der Waals surface area contributed by atoms with Crippen LogP contribution in [0.1, 0.15) is 39.5 Å². The van der Waals surface area contributed by atoms with Crippen molar-refractivity contribution in [2.24, 2.45) is 5.41 Å². The van der Waals surface area contributed by atoms with Crippen molar-refractivity contribution in [1.29, 1.82) is 0 Å². The fourth-order valence-corrected chi connectivity index (χ4v) is 6.13.